The number of aromatic nitrogens is 5. The number of fused-ring (bicyclic) bond motifs is 1. The monoisotopic (exact) mass is 309 g/mol. The maximum absolute atomic E-state index is 5.36. The lowest BCUT2D eigenvalue weighted by Gasteiger charge is -2.02. The summed E-state index contributed by atoms with van der Waals surface area (Å²) in [5.41, 5.74) is 1.74. The van der Waals surface area contributed by atoms with E-state index in [1.807, 2.05) is 48.0 Å². The van der Waals surface area contributed by atoms with E-state index in [2.05, 4.69) is 20.2 Å². The van der Waals surface area contributed by atoms with Gasteiger partial charge in [0.1, 0.15) is 5.03 Å². The second kappa shape index (κ2) is 5.27. The molecule has 6 nitrogen and oxygen atoms in total. The Morgan fingerprint density at radius 2 is 1.91 bits per heavy atom. The van der Waals surface area contributed by atoms with Gasteiger partial charge in [0, 0.05) is 7.05 Å². The van der Waals surface area contributed by atoms with Crippen molar-refractivity contribution >= 4 is 22.8 Å². The molecule has 108 valence electrons. The smallest absolute Gasteiger partial charge is 0.200 e. The molecule has 3 aromatic heterocycles. The molecule has 0 bridgehead atoms. The number of furan rings is 1. The van der Waals surface area contributed by atoms with Crippen LogP contribution in [0.25, 0.3) is 22.6 Å². The zero-order chi connectivity index (χ0) is 14.9. The Labute approximate surface area is 130 Å². The molecule has 7 heteroatoms. The molecule has 1 aromatic carbocycles. The van der Waals surface area contributed by atoms with Gasteiger partial charge in [0.2, 0.25) is 0 Å². The minimum Gasteiger partial charge on any atom is -0.461 e. The maximum atomic E-state index is 5.36. The fourth-order valence-corrected chi connectivity index (χ4v) is 2.85. The highest BCUT2D eigenvalue weighted by Crippen LogP contribution is 2.28. The van der Waals surface area contributed by atoms with Gasteiger partial charge in [-0.2, -0.15) is 0 Å². The van der Waals surface area contributed by atoms with Crippen molar-refractivity contribution in [3.05, 3.63) is 48.9 Å². The number of benzene rings is 1. The molecule has 4 aromatic rings. The second-order valence-corrected chi connectivity index (χ2v) is 5.63. The molecule has 3 heterocycles. The van der Waals surface area contributed by atoms with E-state index < -0.39 is 0 Å². The normalized spacial score (nSPS) is 11.1. The fourth-order valence-electron chi connectivity index (χ4n) is 2.11. The molecule has 22 heavy (non-hydrogen) atoms. The molecule has 0 unspecified atom stereocenters. The molecule has 0 radical (unpaired) electrons. The van der Waals surface area contributed by atoms with E-state index >= 15 is 0 Å². The van der Waals surface area contributed by atoms with Crippen LogP contribution in [0.2, 0.25) is 0 Å². The second-order valence-electron chi connectivity index (χ2n) is 4.64. The van der Waals surface area contributed by atoms with Crippen molar-refractivity contribution in [3.8, 4) is 11.6 Å². The van der Waals surface area contributed by atoms with Crippen molar-refractivity contribution in [2.24, 2.45) is 7.05 Å². The molecule has 0 saturated carbocycles. The number of hydrogen-bond acceptors (Lipinski definition) is 6. The van der Waals surface area contributed by atoms with Crippen LogP contribution in [0.5, 0.6) is 0 Å². The number of rotatable bonds is 3. The third kappa shape index (κ3) is 2.25. The molecule has 0 amide bonds. The van der Waals surface area contributed by atoms with Gasteiger partial charge >= 0.3 is 0 Å². The van der Waals surface area contributed by atoms with E-state index in [-0.39, 0.29) is 0 Å². The summed E-state index contributed by atoms with van der Waals surface area (Å²) < 4.78 is 7.24. The highest BCUT2D eigenvalue weighted by molar-refractivity contribution is 7.99. The zero-order valence-electron chi connectivity index (χ0n) is 11.7. The van der Waals surface area contributed by atoms with Crippen LogP contribution in [-0.4, -0.2) is 24.7 Å². The number of nitrogens with zero attached hydrogens (tertiary/aromatic N) is 5. The summed E-state index contributed by atoms with van der Waals surface area (Å²) in [7, 11) is 1.90. The van der Waals surface area contributed by atoms with E-state index in [9.17, 15) is 0 Å². The first kappa shape index (κ1) is 13.0. The van der Waals surface area contributed by atoms with Crippen LogP contribution < -0.4 is 0 Å². The highest BCUT2D eigenvalue weighted by atomic mass is 32.2. The van der Waals surface area contributed by atoms with E-state index in [1.165, 1.54) is 11.8 Å². The van der Waals surface area contributed by atoms with Crippen LogP contribution in [0.3, 0.4) is 0 Å². The van der Waals surface area contributed by atoms with Gasteiger partial charge in [0.15, 0.2) is 16.7 Å². The van der Waals surface area contributed by atoms with Crippen LogP contribution in [0.4, 0.5) is 0 Å². The quantitative estimate of drug-likeness (QED) is 0.579. The van der Waals surface area contributed by atoms with Gasteiger partial charge in [-0.25, -0.2) is 4.98 Å². The summed E-state index contributed by atoms with van der Waals surface area (Å²) in [6.07, 6.45) is 3.36. The average molecular weight is 309 g/mol. The molecule has 0 aliphatic carbocycles. The Morgan fingerprint density at radius 1 is 1.05 bits per heavy atom. The van der Waals surface area contributed by atoms with E-state index in [0.717, 1.165) is 21.2 Å². The molecule has 4 rings (SSSR count). The minimum atomic E-state index is 0.682. The Hall–Kier alpha value is -2.67. The lowest BCUT2D eigenvalue weighted by atomic mass is 10.3. The molecule has 0 aliphatic rings. The lowest BCUT2D eigenvalue weighted by molar-refractivity contribution is 0.572. The van der Waals surface area contributed by atoms with Crippen molar-refractivity contribution < 1.29 is 4.42 Å². The average Bonchev–Trinajstić information content (AvgIpc) is 3.18. The SMILES string of the molecule is Cn1c(Sc2cnc3ccccc3n2)nnc1-c1ccco1. The summed E-state index contributed by atoms with van der Waals surface area (Å²) in [5.74, 6) is 1.37. The molecular formula is C15H11N5OS. The Bertz CT molecular complexity index is 932. The largest absolute Gasteiger partial charge is 0.461 e. The van der Waals surface area contributed by atoms with Gasteiger partial charge in [-0.05, 0) is 36.0 Å². The van der Waals surface area contributed by atoms with Gasteiger partial charge in [0.25, 0.3) is 0 Å². The summed E-state index contributed by atoms with van der Waals surface area (Å²) in [4.78, 5) is 8.98. The van der Waals surface area contributed by atoms with Crippen LogP contribution in [0.15, 0.2) is 63.5 Å². The first-order chi connectivity index (χ1) is 10.8. The molecule has 0 fully saturated rings. The Morgan fingerprint density at radius 3 is 2.73 bits per heavy atom. The van der Waals surface area contributed by atoms with Gasteiger partial charge in [-0.15, -0.1) is 10.2 Å². The van der Waals surface area contributed by atoms with Gasteiger partial charge in [0.05, 0.1) is 23.5 Å². The van der Waals surface area contributed by atoms with E-state index in [4.69, 9.17) is 4.42 Å². The summed E-state index contributed by atoms with van der Waals surface area (Å²) >= 11 is 1.42. The van der Waals surface area contributed by atoms with Crippen LogP contribution >= 0.6 is 11.8 Å². The first-order valence-electron chi connectivity index (χ1n) is 6.64. The predicted molar refractivity (Wildman–Crippen MR) is 82.4 cm³/mol. The molecular weight excluding hydrogens is 298 g/mol. The van der Waals surface area contributed by atoms with Crippen molar-refractivity contribution in [1.82, 2.24) is 24.7 Å². The summed E-state index contributed by atoms with van der Waals surface area (Å²) in [6, 6.07) is 11.5. The predicted octanol–water partition coefficient (Wildman–Crippen LogP) is 3.17. The third-order valence-corrected chi connectivity index (χ3v) is 4.14. The molecule has 0 saturated heterocycles. The van der Waals surface area contributed by atoms with Gasteiger partial charge in [-0.3, -0.25) is 4.98 Å². The number of para-hydroxylation sites is 2. The zero-order valence-corrected chi connectivity index (χ0v) is 12.5. The molecule has 0 N–H and O–H groups in total. The summed E-state index contributed by atoms with van der Waals surface area (Å²) in [6.45, 7) is 0. The third-order valence-electron chi connectivity index (χ3n) is 3.20. The molecule has 0 atom stereocenters. The van der Waals surface area contributed by atoms with Gasteiger partial charge in [-0.1, -0.05) is 12.1 Å². The first-order valence-corrected chi connectivity index (χ1v) is 7.46. The molecule has 0 spiro atoms. The standard InChI is InChI=1S/C15H11N5OS/c1-20-14(12-7-4-8-21-12)18-19-15(20)22-13-9-16-10-5-2-3-6-11(10)17-13/h2-9H,1H3. The van der Waals surface area contributed by atoms with Crippen molar-refractivity contribution in [1.29, 1.82) is 0 Å². The van der Waals surface area contributed by atoms with Crippen LogP contribution in [0.1, 0.15) is 0 Å². The number of hydrogen-bond donors (Lipinski definition) is 0. The summed E-state index contributed by atoms with van der Waals surface area (Å²) in [5, 5.41) is 9.87. The van der Waals surface area contributed by atoms with Gasteiger partial charge < -0.3 is 8.98 Å². The van der Waals surface area contributed by atoms with Crippen LogP contribution in [0, 0.1) is 0 Å². The lowest BCUT2D eigenvalue weighted by Crippen LogP contribution is -1.94. The van der Waals surface area contributed by atoms with E-state index in [1.54, 1.807) is 12.5 Å². The minimum absolute atomic E-state index is 0.682. The topological polar surface area (TPSA) is 69.6 Å². The molecule has 0 aliphatic heterocycles. The van der Waals surface area contributed by atoms with Crippen molar-refractivity contribution in [2.75, 3.05) is 0 Å². The van der Waals surface area contributed by atoms with E-state index in [0.29, 0.717) is 11.6 Å². The Balaban J connectivity index is 1.68. The van der Waals surface area contributed by atoms with Crippen LogP contribution in [-0.2, 0) is 7.05 Å². The van der Waals surface area contributed by atoms with Crippen molar-refractivity contribution in [2.45, 2.75) is 10.2 Å². The fraction of sp³-hybridized carbons (Fsp3) is 0.0667. The maximum Gasteiger partial charge on any atom is 0.200 e. The van der Waals surface area contributed by atoms with Crippen molar-refractivity contribution in [3.63, 3.8) is 0 Å². The Kier molecular flexibility index (Phi) is 3.12. The highest BCUT2D eigenvalue weighted by Gasteiger charge is 2.14.